The highest BCUT2D eigenvalue weighted by Crippen LogP contribution is 2.32. The molecule has 0 saturated carbocycles. The van der Waals surface area contributed by atoms with Crippen LogP contribution in [0.4, 0.5) is 0 Å². The number of carbonyl (C=O) groups excluding carboxylic acids is 1. The van der Waals surface area contributed by atoms with Crippen molar-refractivity contribution in [3.05, 3.63) is 23.8 Å². The third-order valence-corrected chi connectivity index (χ3v) is 8.23. The van der Waals surface area contributed by atoms with E-state index in [1.807, 2.05) is 0 Å². The van der Waals surface area contributed by atoms with E-state index in [-0.39, 0.29) is 22.9 Å². The summed E-state index contributed by atoms with van der Waals surface area (Å²) in [7, 11) is -5.01. The molecule has 1 heterocycles. The fourth-order valence-corrected chi connectivity index (χ4v) is 7.73. The number of nitrogens with one attached hydrogen (secondary N) is 1. The van der Waals surface area contributed by atoms with Gasteiger partial charge in [-0.15, -0.1) is 0 Å². The number of methoxy groups -OCH3 is 2. The van der Waals surface area contributed by atoms with Crippen molar-refractivity contribution in [1.29, 1.82) is 0 Å². The van der Waals surface area contributed by atoms with Gasteiger partial charge in [-0.2, -0.15) is 0 Å². The van der Waals surface area contributed by atoms with Gasteiger partial charge in [-0.3, -0.25) is 4.79 Å². The molecule has 0 amide bonds. The molecule has 8 nitrogen and oxygen atoms in total. The van der Waals surface area contributed by atoms with Crippen molar-refractivity contribution in [2.24, 2.45) is 0 Å². The Hall–Kier alpha value is -1.65. The summed E-state index contributed by atoms with van der Waals surface area (Å²) in [5.41, 5.74) is 0.708. The quantitative estimate of drug-likeness (QED) is 0.658. The molecule has 0 spiro atoms. The van der Waals surface area contributed by atoms with Gasteiger partial charge in [-0.25, -0.2) is 16.8 Å². The van der Waals surface area contributed by atoms with Crippen molar-refractivity contribution >= 4 is 25.6 Å². The van der Waals surface area contributed by atoms with Gasteiger partial charge < -0.3 is 14.8 Å². The molecule has 0 aliphatic carbocycles. The lowest BCUT2D eigenvalue weighted by Crippen LogP contribution is -2.45. The first-order chi connectivity index (χ1) is 11.6. The average molecular weight is 391 g/mol. The third-order valence-electron chi connectivity index (χ3n) is 4.06. The van der Waals surface area contributed by atoms with Crippen molar-refractivity contribution in [3.63, 3.8) is 0 Å². The summed E-state index contributed by atoms with van der Waals surface area (Å²) < 4.78 is 59.8. The Bertz CT molecular complexity index is 862. The molecule has 2 rings (SSSR count). The van der Waals surface area contributed by atoms with Gasteiger partial charge in [0.05, 0.1) is 37.5 Å². The van der Waals surface area contributed by atoms with Gasteiger partial charge in [-0.1, -0.05) is 6.07 Å². The molecule has 25 heavy (non-hydrogen) atoms. The number of ether oxygens (including phenoxy) is 2. The van der Waals surface area contributed by atoms with E-state index in [1.165, 1.54) is 26.4 Å². The fourth-order valence-electron chi connectivity index (χ4n) is 2.77. The predicted octanol–water partition coefficient (Wildman–Crippen LogP) is -0.294. The van der Waals surface area contributed by atoms with E-state index >= 15 is 0 Å². The second-order valence-electron chi connectivity index (χ2n) is 5.88. The largest absolute Gasteiger partial charge is 0.495 e. The summed E-state index contributed by atoms with van der Waals surface area (Å²) in [5, 5.41) is 1.48. The fraction of sp³-hybridized carbons (Fsp3) is 0.533. The van der Waals surface area contributed by atoms with Crippen molar-refractivity contribution in [2.75, 3.05) is 32.3 Å². The number of aryl methyl sites for hydroxylation is 1. The normalized spacial score (nSPS) is 22.5. The van der Waals surface area contributed by atoms with Crippen LogP contribution in [-0.2, 0) is 29.2 Å². The van der Waals surface area contributed by atoms with Gasteiger partial charge in [0.15, 0.2) is 19.7 Å². The van der Waals surface area contributed by atoms with Crippen LogP contribution in [0.1, 0.15) is 5.56 Å². The summed E-state index contributed by atoms with van der Waals surface area (Å²) in [6, 6.07) is 3.79. The maximum absolute atomic E-state index is 13.1. The molecular formula is C15H21NO7S2. The smallest absolute Gasteiger partial charge is 0.319 e. The molecule has 0 aromatic heterocycles. The maximum Gasteiger partial charge on any atom is 0.319 e. The minimum Gasteiger partial charge on any atom is -0.495 e. The van der Waals surface area contributed by atoms with E-state index in [9.17, 15) is 21.6 Å². The monoisotopic (exact) mass is 391 g/mol. The van der Waals surface area contributed by atoms with Gasteiger partial charge in [0.2, 0.25) is 0 Å². The first-order valence-corrected chi connectivity index (χ1v) is 10.9. The Morgan fingerprint density at radius 3 is 2.56 bits per heavy atom. The number of carbonyl (C=O) groups is 1. The lowest BCUT2D eigenvalue weighted by Gasteiger charge is -2.20. The van der Waals surface area contributed by atoms with Crippen molar-refractivity contribution in [2.45, 2.75) is 23.1 Å². The van der Waals surface area contributed by atoms with Crippen molar-refractivity contribution < 1.29 is 31.1 Å². The number of esters is 1. The van der Waals surface area contributed by atoms with E-state index in [2.05, 4.69) is 10.1 Å². The van der Waals surface area contributed by atoms with E-state index in [0.717, 1.165) is 0 Å². The minimum absolute atomic E-state index is 0.0537. The van der Waals surface area contributed by atoms with E-state index in [1.54, 1.807) is 13.0 Å². The van der Waals surface area contributed by atoms with Gasteiger partial charge in [-0.05, 0) is 24.6 Å². The number of hydrogen-bond acceptors (Lipinski definition) is 8. The van der Waals surface area contributed by atoms with Crippen LogP contribution < -0.4 is 10.1 Å². The van der Waals surface area contributed by atoms with Gasteiger partial charge >= 0.3 is 5.97 Å². The molecule has 1 N–H and O–H groups in total. The summed E-state index contributed by atoms with van der Waals surface area (Å²) >= 11 is 0. The van der Waals surface area contributed by atoms with Gasteiger partial charge in [0, 0.05) is 6.04 Å². The van der Waals surface area contributed by atoms with Crippen LogP contribution in [0.3, 0.4) is 0 Å². The molecule has 1 aromatic carbocycles. The molecule has 0 unspecified atom stereocenters. The Balaban J connectivity index is 2.41. The van der Waals surface area contributed by atoms with E-state index in [0.29, 0.717) is 5.56 Å². The lowest BCUT2D eigenvalue weighted by molar-refractivity contribution is -0.139. The van der Waals surface area contributed by atoms with Crippen LogP contribution >= 0.6 is 0 Å². The SMILES string of the molecule is COC(=O)CN[C@H]1CS(=O)(=O)C[C@@H]1S(=O)(=O)c1cc(C)ccc1OC. The number of rotatable bonds is 6. The molecule has 1 fully saturated rings. The third kappa shape index (κ3) is 4.31. The number of sulfone groups is 2. The molecule has 0 bridgehead atoms. The van der Waals surface area contributed by atoms with Crippen LogP contribution in [0.25, 0.3) is 0 Å². The molecule has 0 radical (unpaired) electrons. The Morgan fingerprint density at radius 2 is 1.96 bits per heavy atom. The van der Waals surface area contributed by atoms with Gasteiger partial charge in [0.1, 0.15) is 10.6 Å². The predicted molar refractivity (Wildman–Crippen MR) is 91.2 cm³/mol. The standard InChI is InChI=1S/C15H21NO7S2/c1-10-4-5-12(22-2)13(6-10)25(20,21)14-9-24(18,19)8-11(14)16-7-15(17)23-3/h4-6,11,14,16H,7-9H2,1-3H3/t11-,14-/m0/s1. The molecule has 1 aliphatic rings. The van der Waals surface area contributed by atoms with Crippen LogP contribution in [0.15, 0.2) is 23.1 Å². The maximum atomic E-state index is 13.1. The van der Waals surface area contributed by atoms with Crippen LogP contribution in [-0.4, -0.2) is 66.4 Å². The highest BCUT2D eigenvalue weighted by atomic mass is 32.2. The molecule has 1 saturated heterocycles. The van der Waals surface area contributed by atoms with Crippen LogP contribution in [0.2, 0.25) is 0 Å². The van der Waals surface area contributed by atoms with Crippen LogP contribution in [0.5, 0.6) is 5.75 Å². The highest BCUT2D eigenvalue weighted by molar-refractivity contribution is 7.96. The number of benzene rings is 1. The second-order valence-corrected chi connectivity index (χ2v) is 10.2. The summed E-state index contributed by atoms with van der Waals surface area (Å²) in [6.07, 6.45) is 0. The Kier molecular flexibility index (Phi) is 5.75. The zero-order valence-electron chi connectivity index (χ0n) is 14.2. The zero-order valence-corrected chi connectivity index (χ0v) is 15.8. The summed E-state index contributed by atoms with van der Waals surface area (Å²) in [6.45, 7) is 1.46. The first-order valence-electron chi connectivity index (χ1n) is 7.50. The van der Waals surface area contributed by atoms with Crippen molar-refractivity contribution in [1.82, 2.24) is 5.32 Å². The summed E-state index contributed by atoms with van der Waals surface area (Å²) in [5.74, 6) is -1.32. The Morgan fingerprint density at radius 1 is 1.28 bits per heavy atom. The van der Waals surface area contributed by atoms with Gasteiger partial charge in [0.25, 0.3) is 0 Å². The topological polar surface area (TPSA) is 116 Å². The molecule has 10 heteroatoms. The molecule has 2 atom stereocenters. The highest BCUT2D eigenvalue weighted by Gasteiger charge is 2.46. The first kappa shape index (κ1) is 19.7. The van der Waals surface area contributed by atoms with E-state index in [4.69, 9.17) is 4.74 Å². The van der Waals surface area contributed by atoms with Crippen molar-refractivity contribution in [3.8, 4) is 5.75 Å². The van der Waals surface area contributed by atoms with Crippen LogP contribution in [0, 0.1) is 6.92 Å². The molecule has 1 aliphatic heterocycles. The molecule has 1 aromatic rings. The summed E-state index contributed by atoms with van der Waals surface area (Å²) in [4.78, 5) is 11.2. The minimum atomic E-state index is -4.00. The zero-order chi connectivity index (χ0) is 18.8. The second kappa shape index (κ2) is 7.30. The average Bonchev–Trinajstić information content (AvgIpc) is 2.88. The number of hydrogen-bond donors (Lipinski definition) is 1. The molecular weight excluding hydrogens is 370 g/mol. The molecule has 140 valence electrons. The Labute approximate surface area is 147 Å². The lowest BCUT2D eigenvalue weighted by atomic mass is 10.2. The van der Waals surface area contributed by atoms with E-state index < -0.39 is 42.7 Å².